The first-order valence-electron chi connectivity index (χ1n) is 7.49. The largest absolute Gasteiger partial charge is 0.463 e. The van der Waals surface area contributed by atoms with Crippen molar-refractivity contribution in [3.63, 3.8) is 0 Å². The van der Waals surface area contributed by atoms with Gasteiger partial charge in [0.25, 0.3) is 5.56 Å². The molecule has 0 aliphatic heterocycles. The molecule has 0 spiro atoms. The van der Waals surface area contributed by atoms with Crippen molar-refractivity contribution in [3.05, 3.63) is 54.9 Å². The Morgan fingerprint density at radius 3 is 2.48 bits per heavy atom. The Bertz CT molecular complexity index is 851. The number of hydrogen-bond donors (Lipinski definition) is 1. The number of benzene rings is 1. The second-order valence-electron chi connectivity index (χ2n) is 6.20. The highest BCUT2D eigenvalue weighted by Crippen LogP contribution is 2.22. The molecule has 122 valence electrons. The number of rotatable bonds is 3. The summed E-state index contributed by atoms with van der Waals surface area (Å²) in [7, 11) is 0. The van der Waals surface area contributed by atoms with E-state index in [4.69, 9.17) is 4.74 Å². The Labute approximate surface area is 139 Å². The van der Waals surface area contributed by atoms with E-state index in [9.17, 15) is 9.59 Å². The molecule has 0 saturated heterocycles. The van der Waals surface area contributed by atoms with Gasteiger partial charge in [0.1, 0.15) is 4.66 Å². The van der Waals surface area contributed by atoms with E-state index in [2.05, 4.69) is 37.9 Å². The molecule has 2 aromatic rings. The van der Waals surface area contributed by atoms with Crippen LogP contribution in [-0.2, 0) is 14.9 Å². The number of esters is 1. The van der Waals surface area contributed by atoms with Gasteiger partial charge >= 0.3 is 5.97 Å². The Morgan fingerprint density at radius 1 is 1.26 bits per heavy atom. The highest BCUT2D eigenvalue weighted by molar-refractivity contribution is 7.07. The van der Waals surface area contributed by atoms with Crippen molar-refractivity contribution in [3.8, 4) is 0 Å². The van der Waals surface area contributed by atoms with Gasteiger partial charge in [-0.05, 0) is 29.5 Å². The van der Waals surface area contributed by atoms with Crippen LogP contribution in [-0.4, -0.2) is 17.6 Å². The van der Waals surface area contributed by atoms with Crippen molar-refractivity contribution >= 4 is 29.5 Å². The number of aromatic amines is 1. The van der Waals surface area contributed by atoms with Crippen molar-refractivity contribution in [2.75, 3.05) is 6.61 Å². The van der Waals surface area contributed by atoms with Crippen LogP contribution in [0.15, 0.2) is 29.1 Å². The van der Waals surface area contributed by atoms with Crippen molar-refractivity contribution < 1.29 is 9.53 Å². The highest BCUT2D eigenvalue weighted by Gasteiger charge is 2.12. The number of H-pyrrole nitrogens is 1. The molecule has 0 saturated carbocycles. The lowest BCUT2D eigenvalue weighted by molar-refractivity contribution is -0.135. The molecule has 1 N–H and O–H groups in total. The van der Waals surface area contributed by atoms with E-state index in [-0.39, 0.29) is 11.0 Å². The van der Waals surface area contributed by atoms with Crippen LogP contribution >= 0.6 is 11.3 Å². The molecule has 0 unspecified atom stereocenters. The first kappa shape index (κ1) is 17.2. The second-order valence-corrected chi connectivity index (χ2v) is 7.28. The number of hydrogen-bond acceptors (Lipinski definition) is 4. The number of carbonyl (C=O) groups excluding carboxylic acids is 1. The molecule has 2 rings (SSSR count). The quantitative estimate of drug-likeness (QED) is 0.874. The standard InChI is InChI=1S/C18H21NO3S/c1-5-22-16(20)11-15-19-17(21)14(23-15)10-12-6-8-13(9-7-12)18(2,3)4/h6-11H,5H2,1-4H3,(H,19,21)/b14-10-,15-11-. The smallest absolute Gasteiger partial charge is 0.333 e. The lowest BCUT2D eigenvalue weighted by Crippen LogP contribution is -2.20. The van der Waals surface area contributed by atoms with Crippen LogP contribution in [0.2, 0.25) is 0 Å². The van der Waals surface area contributed by atoms with E-state index in [0.29, 0.717) is 15.8 Å². The molecule has 0 atom stereocenters. The van der Waals surface area contributed by atoms with Crippen LogP contribution in [0.25, 0.3) is 12.2 Å². The number of thiazole rings is 1. The molecule has 4 nitrogen and oxygen atoms in total. The molecule has 23 heavy (non-hydrogen) atoms. The minimum absolute atomic E-state index is 0.0979. The molecule has 5 heteroatoms. The fraction of sp³-hybridized carbons (Fsp3) is 0.333. The van der Waals surface area contributed by atoms with E-state index in [1.165, 1.54) is 23.0 Å². The maximum absolute atomic E-state index is 12.0. The zero-order valence-corrected chi connectivity index (χ0v) is 14.6. The van der Waals surface area contributed by atoms with Crippen molar-refractivity contribution in [1.29, 1.82) is 0 Å². The predicted molar refractivity (Wildman–Crippen MR) is 94.0 cm³/mol. The van der Waals surface area contributed by atoms with Crippen LogP contribution in [0.3, 0.4) is 0 Å². The summed E-state index contributed by atoms with van der Waals surface area (Å²) in [5.41, 5.74) is 2.09. The molecule has 0 fully saturated rings. The van der Waals surface area contributed by atoms with Gasteiger partial charge < -0.3 is 9.72 Å². The minimum atomic E-state index is -0.453. The van der Waals surface area contributed by atoms with Gasteiger partial charge in [0.2, 0.25) is 0 Å². The summed E-state index contributed by atoms with van der Waals surface area (Å²) in [6, 6.07) is 8.13. The molecule has 1 aromatic carbocycles. The first-order valence-corrected chi connectivity index (χ1v) is 8.31. The normalized spacial score (nSPS) is 13.4. The lowest BCUT2D eigenvalue weighted by Gasteiger charge is -2.18. The van der Waals surface area contributed by atoms with E-state index in [0.717, 1.165) is 5.56 Å². The molecule has 1 aromatic heterocycles. The summed E-state index contributed by atoms with van der Waals surface area (Å²) in [6.45, 7) is 8.53. The average molecular weight is 331 g/mol. The van der Waals surface area contributed by atoms with E-state index >= 15 is 0 Å². The van der Waals surface area contributed by atoms with Crippen molar-refractivity contribution in [1.82, 2.24) is 4.98 Å². The molecule has 0 aliphatic carbocycles. The van der Waals surface area contributed by atoms with Gasteiger partial charge in [0.15, 0.2) is 0 Å². The molecular weight excluding hydrogens is 310 g/mol. The monoisotopic (exact) mass is 331 g/mol. The van der Waals surface area contributed by atoms with Gasteiger partial charge in [-0.3, -0.25) is 4.79 Å². The van der Waals surface area contributed by atoms with Gasteiger partial charge in [0.05, 0.1) is 17.2 Å². The third-order valence-corrected chi connectivity index (χ3v) is 4.25. The van der Waals surface area contributed by atoms with Crippen molar-refractivity contribution in [2.24, 2.45) is 0 Å². The molecular formula is C18H21NO3S. The van der Waals surface area contributed by atoms with Crippen LogP contribution in [0.5, 0.6) is 0 Å². The van der Waals surface area contributed by atoms with Gasteiger partial charge in [-0.1, -0.05) is 45.0 Å². The summed E-state index contributed by atoms with van der Waals surface area (Å²) in [4.78, 5) is 26.0. The van der Waals surface area contributed by atoms with Crippen LogP contribution in [0.1, 0.15) is 38.8 Å². The second kappa shape index (κ2) is 6.96. The highest BCUT2D eigenvalue weighted by atomic mass is 32.1. The Hall–Kier alpha value is -2.14. The fourth-order valence-corrected chi connectivity index (χ4v) is 2.92. The van der Waals surface area contributed by atoms with Gasteiger partial charge in [0, 0.05) is 0 Å². The number of ether oxygens (including phenoxy) is 1. The Kier molecular flexibility index (Phi) is 5.21. The van der Waals surface area contributed by atoms with Crippen LogP contribution in [0.4, 0.5) is 0 Å². The summed E-state index contributed by atoms with van der Waals surface area (Å²) in [5, 5.41) is 0. The third-order valence-electron chi connectivity index (χ3n) is 3.29. The lowest BCUT2D eigenvalue weighted by atomic mass is 9.87. The SMILES string of the molecule is CCOC(=O)/C=c1/[nH]c(=O)/c(=C/c2ccc(C(C)(C)C)cc2)s1. The maximum Gasteiger partial charge on any atom is 0.333 e. The fourth-order valence-electron chi connectivity index (χ4n) is 2.05. The molecule has 0 amide bonds. The average Bonchev–Trinajstić information content (AvgIpc) is 2.78. The number of aromatic nitrogens is 1. The summed E-state index contributed by atoms with van der Waals surface area (Å²) < 4.78 is 5.89. The maximum atomic E-state index is 12.0. The molecule has 0 aliphatic rings. The molecule has 0 bridgehead atoms. The molecule has 1 heterocycles. The third kappa shape index (κ3) is 4.66. The van der Waals surface area contributed by atoms with Crippen molar-refractivity contribution in [2.45, 2.75) is 33.1 Å². The number of nitrogens with one attached hydrogen (secondary N) is 1. The van der Waals surface area contributed by atoms with E-state index < -0.39 is 5.97 Å². The summed E-state index contributed by atoms with van der Waals surface area (Å²) in [5.74, 6) is -0.453. The molecule has 0 radical (unpaired) electrons. The Balaban J connectivity index is 2.35. The van der Waals surface area contributed by atoms with Gasteiger partial charge in [-0.2, -0.15) is 0 Å². The summed E-state index contributed by atoms with van der Waals surface area (Å²) in [6.07, 6.45) is 3.12. The Morgan fingerprint density at radius 2 is 1.91 bits per heavy atom. The van der Waals surface area contributed by atoms with Crippen LogP contribution < -0.4 is 14.8 Å². The van der Waals surface area contributed by atoms with E-state index in [1.807, 2.05) is 18.2 Å². The zero-order valence-electron chi connectivity index (χ0n) is 13.8. The van der Waals surface area contributed by atoms with Gasteiger partial charge in [-0.15, -0.1) is 11.3 Å². The number of carbonyl (C=O) groups is 1. The first-order chi connectivity index (χ1) is 10.8. The zero-order chi connectivity index (χ0) is 17.0. The summed E-state index contributed by atoms with van der Waals surface area (Å²) >= 11 is 1.24. The van der Waals surface area contributed by atoms with E-state index in [1.54, 1.807) is 6.92 Å². The topological polar surface area (TPSA) is 59.2 Å². The predicted octanol–water partition coefficient (Wildman–Crippen LogP) is 1.91. The van der Waals surface area contributed by atoms with Gasteiger partial charge in [-0.25, -0.2) is 4.79 Å². The minimum Gasteiger partial charge on any atom is -0.463 e. The van der Waals surface area contributed by atoms with Crippen LogP contribution in [0, 0.1) is 0 Å².